The Balaban J connectivity index is 1.95. The number of amides is 1. The lowest BCUT2D eigenvalue weighted by atomic mass is 9.98. The van der Waals surface area contributed by atoms with Crippen LogP contribution in [0, 0.1) is 5.92 Å². The maximum atomic E-state index is 12.2. The number of aliphatic hydroxyl groups is 1. The number of carbonyl (C=O) groups is 1. The highest BCUT2D eigenvalue weighted by atomic mass is 16.3. The highest BCUT2D eigenvalue weighted by Crippen LogP contribution is 2.26. The highest BCUT2D eigenvalue weighted by molar-refractivity contribution is 5.83. The molecule has 1 fully saturated rings. The molecule has 3 unspecified atom stereocenters. The molecule has 0 aromatic heterocycles. The van der Waals surface area contributed by atoms with Crippen LogP contribution in [0.3, 0.4) is 0 Å². The second kappa shape index (κ2) is 6.01. The second-order valence-corrected chi connectivity index (χ2v) is 5.12. The summed E-state index contributed by atoms with van der Waals surface area (Å²) in [5, 5.41) is 12.3. The third-order valence-corrected chi connectivity index (χ3v) is 3.91. The fourth-order valence-corrected chi connectivity index (χ4v) is 2.65. The van der Waals surface area contributed by atoms with Crippen molar-refractivity contribution in [1.82, 2.24) is 5.32 Å². The van der Waals surface area contributed by atoms with Gasteiger partial charge in [-0.2, -0.15) is 0 Å². The number of hydrogen-bond donors (Lipinski definition) is 2. The number of rotatable bonds is 4. The van der Waals surface area contributed by atoms with E-state index in [0.29, 0.717) is 0 Å². The van der Waals surface area contributed by atoms with E-state index in [-0.39, 0.29) is 30.4 Å². The lowest BCUT2D eigenvalue weighted by Gasteiger charge is -2.21. The molecule has 0 bridgehead atoms. The van der Waals surface area contributed by atoms with Gasteiger partial charge in [0, 0.05) is 18.6 Å². The van der Waals surface area contributed by atoms with E-state index in [1.165, 1.54) is 0 Å². The van der Waals surface area contributed by atoms with E-state index < -0.39 is 0 Å². The summed E-state index contributed by atoms with van der Waals surface area (Å²) in [7, 11) is 0. The predicted octanol–water partition coefficient (Wildman–Crippen LogP) is 2.07. The molecule has 98 valence electrons. The van der Waals surface area contributed by atoms with Crippen LogP contribution in [0.25, 0.3) is 0 Å². The molecule has 1 saturated carbocycles. The van der Waals surface area contributed by atoms with Gasteiger partial charge in [-0.15, -0.1) is 0 Å². The fraction of sp³-hybridized carbons (Fsp3) is 0.533. The predicted molar refractivity (Wildman–Crippen MR) is 71.2 cm³/mol. The molecule has 0 spiro atoms. The summed E-state index contributed by atoms with van der Waals surface area (Å²) >= 11 is 0. The van der Waals surface area contributed by atoms with Crippen molar-refractivity contribution < 1.29 is 9.90 Å². The van der Waals surface area contributed by atoms with Crippen molar-refractivity contribution in [3.05, 3.63) is 35.9 Å². The summed E-state index contributed by atoms with van der Waals surface area (Å²) in [6, 6.07) is 9.95. The molecule has 3 nitrogen and oxygen atoms in total. The highest BCUT2D eigenvalue weighted by Gasteiger charge is 2.29. The van der Waals surface area contributed by atoms with Gasteiger partial charge in [-0.25, -0.2) is 0 Å². The van der Waals surface area contributed by atoms with E-state index in [4.69, 9.17) is 0 Å². The first-order valence-electron chi connectivity index (χ1n) is 6.68. The average Bonchev–Trinajstić information content (AvgIpc) is 2.86. The van der Waals surface area contributed by atoms with Crippen LogP contribution in [0.1, 0.15) is 37.7 Å². The fourth-order valence-electron chi connectivity index (χ4n) is 2.65. The number of aliphatic hydroxyl groups excluding tert-OH is 1. The van der Waals surface area contributed by atoms with E-state index in [2.05, 4.69) is 5.32 Å². The summed E-state index contributed by atoms with van der Waals surface area (Å²) in [5.41, 5.74) is 1.04. The Labute approximate surface area is 108 Å². The van der Waals surface area contributed by atoms with E-state index in [9.17, 15) is 9.90 Å². The van der Waals surface area contributed by atoms with Crippen LogP contribution in [0.4, 0.5) is 0 Å². The number of nitrogens with one attached hydrogen (secondary N) is 1. The normalized spacial score (nSPS) is 24.8. The van der Waals surface area contributed by atoms with Gasteiger partial charge in [0.15, 0.2) is 0 Å². The number of carbonyl (C=O) groups excluding carboxylic acids is 1. The summed E-state index contributed by atoms with van der Waals surface area (Å²) in [6.07, 6.45) is 3.09. The van der Waals surface area contributed by atoms with Crippen molar-refractivity contribution in [1.29, 1.82) is 0 Å². The quantitative estimate of drug-likeness (QED) is 0.855. The van der Waals surface area contributed by atoms with Gasteiger partial charge in [-0.3, -0.25) is 4.79 Å². The topological polar surface area (TPSA) is 49.3 Å². The van der Waals surface area contributed by atoms with Crippen molar-refractivity contribution in [2.75, 3.05) is 6.61 Å². The molecule has 2 rings (SSSR count). The minimum Gasteiger partial charge on any atom is -0.396 e. The third-order valence-electron chi connectivity index (χ3n) is 3.91. The Kier molecular flexibility index (Phi) is 4.37. The third kappa shape index (κ3) is 2.91. The van der Waals surface area contributed by atoms with E-state index in [1.54, 1.807) is 0 Å². The smallest absolute Gasteiger partial charge is 0.227 e. The van der Waals surface area contributed by atoms with E-state index in [1.807, 2.05) is 37.3 Å². The molecule has 2 N–H and O–H groups in total. The van der Waals surface area contributed by atoms with Crippen molar-refractivity contribution in [2.24, 2.45) is 5.92 Å². The van der Waals surface area contributed by atoms with E-state index >= 15 is 0 Å². The second-order valence-electron chi connectivity index (χ2n) is 5.12. The monoisotopic (exact) mass is 247 g/mol. The molecule has 3 atom stereocenters. The van der Waals surface area contributed by atoms with Crippen LogP contribution in [0.5, 0.6) is 0 Å². The molecule has 1 aliphatic rings. The molecule has 3 heteroatoms. The molecule has 0 aliphatic heterocycles. The van der Waals surface area contributed by atoms with Crippen molar-refractivity contribution in [3.63, 3.8) is 0 Å². The van der Waals surface area contributed by atoms with Crippen molar-refractivity contribution >= 4 is 5.91 Å². The van der Waals surface area contributed by atoms with Crippen LogP contribution in [0.15, 0.2) is 30.3 Å². The molecule has 1 aromatic carbocycles. The minimum absolute atomic E-state index is 0.0616. The van der Waals surface area contributed by atoms with Gasteiger partial charge in [0.1, 0.15) is 0 Å². The molecule has 0 heterocycles. The largest absolute Gasteiger partial charge is 0.396 e. The Hall–Kier alpha value is -1.35. The van der Waals surface area contributed by atoms with Crippen LogP contribution in [0.2, 0.25) is 0 Å². The van der Waals surface area contributed by atoms with Gasteiger partial charge >= 0.3 is 0 Å². The Morgan fingerprint density at radius 3 is 2.78 bits per heavy atom. The lowest BCUT2D eigenvalue weighted by Crippen LogP contribution is -2.40. The molecule has 18 heavy (non-hydrogen) atoms. The molecular weight excluding hydrogens is 226 g/mol. The Bertz CT molecular complexity index is 391. The van der Waals surface area contributed by atoms with Crippen molar-refractivity contribution in [2.45, 2.75) is 38.1 Å². The molecule has 1 aliphatic carbocycles. The maximum Gasteiger partial charge on any atom is 0.227 e. The van der Waals surface area contributed by atoms with Gasteiger partial charge in [0.2, 0.25) is 5.91 Å². The first-order valence-corrected chi connectivity index (χ1v) is 6.68. The summed E-state index contributed by atoms with van der Waals surface area (Å²) < 4.78 is 0. The SMILES string of the molecule is CC(C(=O)NC1CCCC1CO)c1ccccc1. The average molecular weight is 247 g/mol. The zero-order chi connectivity index (χ0) is 13.0. The maximum absolute atomic E-state index is 12.2. The standard InChI is InChI=1S/C15H21NO2/c1-11(12-6-3-2-4-7-12)15(18)16-14-9-5-8-13(14)10-17/h2-4,6-7,11,13-14,17H,5,8-10H2,1H3,(H,16,18). The van der Waals surface area contributed by atoms with Gasteiger partial charge in [0.25, 0.3) is 0 Å². The summed E-state index contributed by atoms with van der Waals surface area (Å²) in [4.78, 5) is 12.2. The Morgan fingerprint density at radius 1 is 1.39 bits per heavy atom. The van der Waals surface area contributed by atoms with Crippen LogP contribution >= 0.6 is 0 Å². The van der Waals surface area contributed by atoms with Crippen molar-refractivity contribution in [3.8, 4) is 0 Å². The van der Waals surface area contributed by atoms with Gasteiger partial charge in [-0.05, 0) is 25.3 Å². The molecule has 1 amide bonds. The lowest BCUT2D eigenvalue weighted by molar-refractivity contribution is -0.123. The zero-order valence-electron chi connectivity index (χ0n) is 10.8. The van der Waals surface area contributed by atoms with Gasteiger partial charge in [0.05, 0.1) is 5.92 Å². The first-order chi connectivity index (χ1) is 8.72. The van der Waals surface area contributed by atoms with Crippen LogP contribution < -0.4 is 5.32 Å². The summed E-state index contributed by atoms with van der Waals surface area (Å²) in [5.74, 6) is 0.162. The van der Waals surface area contributed by atoms with E-state index in [0.717, 1.165) is 24.8 Å². The van der Waals surface area contributed by atoms with Gasteiger partial charge in [-0.1, -0.05) is 36.8 Å². The number of benzene rings is 1. The molecular formula is C15H21NO2. The van der Waals surface area contributed by atoms with Crippen LogP contribution in [-0.4, -0.2) is 23.7 Å². The number of hydrogen-bond acceptors (Lipinski definition) is 2. The van der Waals surface area contributed by atoms with Crippen LogP contribution in [-0.2, 0) is 4.79 Å². The zero-order valence-corrected chi connectivity index (χ0v) is 10.8. The molecule has 0 saturated heterocycles. The first kappa shape index (κ1) is 13.1. The Morgan fingerprint density at radius 2 is 2.11 bits per heavy atom. The summed E-state index contributed by atoms with van der Waals surface area (Å²) in [6.45, 7) is 2.10. The molecule has 0 radical (unpaired) electrons. The minimum atomic E-state index is -0.133. The van der Waals surface area contributed by atoms with Gasteiger partial charge < -0.3 is 10.4 Å². The molecule has 1 aromatic rings.